The van der Waals surface area contributed by atoms with Gasteiger partial charge >= 0.3 is 5.97 Å². The van der Waals surface area contributed by atoms with Gasteiger partial charge in [0.05, 0.1) is 7.11 Å². The predicted octanol–water partition coefficient (Wildman–Crippen LogP) is 3.07. The van der Waals surface area contributed by atoms with Crippen molar-refractivity contribution in [3.8, 4) is 5.75 Å². The molecule has 0 aliphatic heterocycles. The number of hydrogen-bond acceptors (Lipinski definition) is 3. The van der Waals surface area contributed by atoms with Gasteiger partial charge in [-0.3, -0.25) is 4.79 Å². The maximum absolute atomic E-state index is 10.5. The molecule has 0 aromatic heterocycles. The molecule has 0 spiro atoms. The SMILES string of the molecule is COc1ccc(C(C)C)cc1C(N)CCCC(=O)O. The molecular weight excluding hydrogens is 242 g/mol. The van der Waals surface area contributed by atoms with Gasteiger partial charge in [0.25, 0.3) is 0 Å². The summed E-state index contributed by atoms with van der Waals surface area (Å²) < 4.78 is 5.33. The lowest BCUT2D eigenvalue weighted by Gasteiger charge is -2.18. The third kappa shape index (κ3) is 4.56. The maximum Gasteiger partial charge on any atom is 0.303 e. The van der Waals surface area contributed by atoms with E-state index in [1.807, 2.05) is 12.1 Å². The molecular formula is C15H23NO3. The quantitative estimate of drug-likeness (QED) is 0.794. The first-order valence-corrected chi connectivity index (χ1v) is 6.61. The third-order valence-electron chi connectivity index (χ3n) is 3.23. The Morgan fingerprint density at radius 2 is 2.11 bits per heavy atom. The fourth-order valence-electron chi connectivity index (χ4n) is 2.03. The average molecular weight is 265 g/mol. The third-order valence-corrected chi connectivity index (χ3v) is 3.23. The summed E-state index contributed by atoms with van der Waals surface area (Å²) in [5.74, 6) is 0.415. The summed E-state index contributed by atoms with van der Waals surface area (Å²) in [6.07, 6.45) is 1.37. The van der Waals surface area contributed by atoms with Gasteiger partial charge < -0.3 is 15.6 Å². The number of carbonyl (C=O) groups is 1. The summed E-state index contributed by atoms with van der Waals surface area (Å²) in [5, 5.41) is 8.65. The van der Waals surface area contributed by atoms with Crippen LogP contribution in [0.1, 0.15) is 56.2 Å². The molecule has 3 N–H and O–H groups in total. The van der Waals surface area contributed by atoms with Crippen LogP contribution in [0.4, 0.5) is 0 Å². The van der Waals surface area contributed by atoms with E-state index in [0.29, 0.717) is 18.8 Å². The van der Waals surface area contributed by atoms with Gasteiger partial charge in [0.2, 0.25) is 0 Å². The monoisotopic (exact) mass is 265 g/mol. The van der Waals surface area contributed by atoms with E-state index in [-0.39, 0.29) is 12.5 Å². The van der Waals surface area contributed by atoms with Gasteiger partial charge in [0.15, 0.2) is 0 Å². The number of carboxylic acids is 1. The van der Waals surface area contributed by atoms with Crippen molar-refractivity contribution in [2.75, 3.05) is 7.11 Å². The summed E-state index contributed by atoms with van der Waals surface area (Å²) in [6, 6.07) is 5.85. The van der Waals surface area contributed by atoms with Crippen LogP contribution in [0.15, 0.2) is 18.2 Å². The molecule has 4 heteroatoms. The Hall–Kier alpha value is -1.55. The zero-order chi connectivity index (χ0) is 14.4. The molecule has 1 atom stereocenters. The number of aliphatic carboxylic acids is 1. The van der Waals surface area contributed by atoms with Crippen molar-refractivity contribution in [3.63, 3.8) is 0 Å². The molecule has 0 aliphatic carbocycles. The summed E-state index contributed by atoms with van der Waals surface area (Å²) in [7, 11) is 1.62. The van der Waals surface area contributed by atoms with Gasteiger partial charge in [-0.15, -0.1) is 0 Å². The van der Waals surface area contributed by atoms with Gasteiger partial charge in [-0.1, -0.05) is 26.0 Å². The topological polar surface area (TPSA) is 72.5 Å². The average Bonchev–Trinajstić information content (AvgIpc) is 2.37. The highest BCUT2D eigenvalue weighted by molar-refractivity contribution is 5.66. The highest BCUT2D eigenvalue weighted by Crippen LogP contribution is 2.30. The number of methoxy groups -OCH3 is 1. The van der Waals surface area contributed by atoms with Gasteiger partial charge in [0, 0.05) is 18.0 Å². The Morgan fingerprint density at radius 1 is 1.42 bits per heavy atom. The standard InChI is InChI=1S/C15H23NO3/c1-10(2)11-7-8-14(19-3)12(9-11)13(16)5-4-6-15(17)18/h7-10,13H,4-6,16H2,1-3H3,(H,17,18). The summed E-state index contributed by atoms with van der Waals surface area (Å²) in [4.78, 5) is 10.5. The van der Waals surface area contributed by atoms with E-state index in [2.05, 4.69) is 19.9 Å². The second kappa shape index (κ2) is 7.14. The molecule has 1 rings (SSSR count). The fourth-order valence-corrected chi connectivity index (χ4v) is 2.03. The molecule has 19 heavy (non-hydrogen) atoms. The van der Waals surface area contributed by atoms with Crippen LogP contribution in [-0.4, -0.2) is 18.2 Å². The lowest BCUT2D eigenvalue weighted by molar-refractivity contribution is -0.137. The minimum Gasteiger partial charge on any atom is -0.496 e. The van der Waals surface area contributed by atoms with Crippen molar-refractivity contribution in [1.82, 2.24) is 0 Å². The van der Waals surface area contributed by atoms with Crippen LogP contribution in [0.3, 0.4) is 0 Å². The highest BCUT2D eigenvalue weighted by Gasteiger charge is 2.14. The second-order valence-electron chi connectivity index (χ2n) is 5.05. The van der Waals surface area contributed by atoms with Crippen LogP contribution in [-0.2, 0) is 4.79 Å². The molecule has 0 radical (unpaired) electrons. The van der Waals surface area contributed by atoms with Gasteiger partial charge in [-0.2, -0.15) is 0 Å². The van der Waals surface area contributed by atoms with E-state index in [4.69, 9.17) is 15.6 Å². The van der Waals surface area contributed by atoms with E-state index in [0.717, 1.165) is 11.3 Å². The largest absolute Gasteiger partial charge is 0.496 e. The number of rotatable bonds is 7. The van der Waals surface area contributed by atoms with Crippen molar-refractivity contribution < 1.29 is 14.6 Å². The molecule has 4 nitrogen and oxygen atoms in total. The molecule has 0 amide bonds. The molecule has 0 heterocycles. The van der Waals surface area contributed by atoms with E-state index < -0.39 is 5.97 Å². The van der Waals surface area contributed by atoms with Crippen LogP contribution in [0.5, 0.6) is 5.75 Å². The molecule has 0 saturated heterocycles. The fraction of sp³-hybridized carbons (Fsp3) is 0.533. The lowest BCUT2D eigenvalue weighted by atomic mass is 9.95. The van der Waals surface area contributed by atoms with Crippen molar-refractivity contribution in [3.05, 3.63) is 29.3 Å². The van der Waals surface area contributed by atoms with Crippen molar-refractivity contribution in [2.24, 2.45) is 5.73 Å². The Kier molecular flexibility index (Phi) is 5.83. The molecule has 0 fully saturated rings. The van der Waals surface area contributed by atoms with Gasteiger partial charge in [0.1, 0.15) is 5.75 Å². The first-order chi connectivity index (χ1) is 8.95. The molecule has 0 saturated carbocycles. The Balaban J connectivity index is 2.83. The Morgan fingerprint density at radius 3 is 2.63 bits per heavy atom. The lowest BCUT2D eigenvalue weighted by Crippen LogP contribution is -2.13. The minimum absolute atomic E-state index is 0.153. The predicted molar refractivity (Wildman–Crippen MR) is 75.5 cm³/mol. The van der Waals surface area contributed by atoms with Crippen LogP contribution in [0.25, 0.3) is 0 Å². The number of ether oxygens (including phenoxy) is 1. The molecule has 1 aromatic rings. The van der Waals surface area contributed by atoms with Crippen molar-refractivity contribution >= 4 is 5.97 Å². The molecule has 0 aliphatic rings. The van der Waals surface area contributed by atoms with Crippen LogP contribution in [0.2, 0.25) is 0 Å². The van der Waals surface area contributed by atoms with E-state index in [9.17, 15) is 4.79 Å². The van der Waals surface area contributed by atoms with Crippen LogP contribution in [0, 0.1) is 0 Å². The molecule has 1 aromatic carbocycles. The van der Waals surface area contributed by atoms with Crippen LogP contribution < -0.4 is 10.5 Å². The Labute approximate surface area is 114 Å². The first-order valence-electron chi connectivity index (χ1n) is 6.61. The smallest absolute Gasteiger partial charge is 0.303 e. The zero-order valence-electron chi connectivity index (χ0n) is 11.8. The number of hydrogen-bond donors (Lipinski definition) is 2. The second-order valence-corrected chi connectivity index (χ2v) is 5.05. The van der Waals surface area contributed by atoms with Gasteiger partial charge in [-0.05, 0) is 30.4 Å². The number of nitrogens with two attached hydrogens (primary N) is 1. The summed E-state index contributed by atoms with van der Waals surface area (Å²) >= 11 is 0. The normalized spacial score (nSPS) is 12.5. The van der Waals surface area contributed by atoms with Crippen LogP contribution >= 0.6 is 0 Å². The Bertz CT molecular complexity index is 429. The maximum atomic E-state index is 10.5. The first kappa shape index (κ1) is 15.5. The van der Waals surface area contributed by atoms with Crippen molar-refractivity contribution in [2.45, 2.75) is 45.1 Å². The van der Waals surface area contributed by atoms with E-state index in [1.54, 1.807) is 7.11 Å². The number of benzene rings is 1. The van der Waals surface area contributed by atoms with E-state index >= 15 is 0 Å². The number of carboxylic acid groups (broad SMARTS) is 1. The molecule has 0 bridgehead atoms. The zero-order valence-corrected chi connectivity index (χ0v) is 11.8. The molecule has 106 valence electrons. The minimum atomic E-state index is -0.782. The summed E-state index contributed by atoms with van der Waals surface area (Å²) in [5.41, 5.74) is 8.32. The molecule has 1 unspecified atom stereocenters. The summed E-state index contributed by atoms with van der Waals surface area (Å²) in [6.45, 7) is 4.25. The van der Waals surface area contributed by atoms with E-state index in [1.165, 1.54) is 5.56 Å². The highest BCUT2D eigenvalue weighted by atomic mass is 16.5. The van der Waals surface area contributed by atoms with Gasteiger partial charge in [-0.25, -0.2) is 0 Å². The van der Waals surface area contributed by atoms with Crippen molar-refractivity contribution in [1.29, 1.82) is 0 Å².